The molecule has 0 saturated heterocycles. The van der Waals surface area contributed by atoms with Gasteiger partial charge in [0, 0.05) is 20.1 Å². The molecule has 34 heavy (non-hydrogen) atoms. The summed E-state index contributed by atoms with van der Waals surface area (Å²) in [6, 6.07) is 5.23. The van der Waals surface area contributed by atoms with E-state index in [1.54, 1.807) is 50.4 Å². The van der Waals surface area contributed by atoms with E-state index in [9.17, 15) is 9.59 Å². The van der Waals surface area contributed by atoms with Crippen molar-refractivity contribution in [2.24, 2.45) is 0 Å². The minimum absolute atomic E-state index is 0.0860. The summed E-state index contributed by atoms with van der Waals surface area (Å²) in [5, 5.41) is 0. The number of hydrogen-bond acceptors (Lipinski definition) is 8. The minimum Gasteiger partial charge on any atom is -0.495 e. The topological polar surface area (TPSA) is 88.1 Å². The van der Waals surface area contributed by atoms with E-state index in [1.165, 1.54) is 12.8 Å². The molecule has 9 heteroatoms. The molecule has 1 aromatic carbocycles. The molecular formula is C25H33N5O4. The van der Waals surface area contributed by atoms with Gasteiger partial charge in [-0.25, -0.2) is 9.78 Å². The Bertz CT molecular complexity index is 1070. The van der Waals surface area contributed by atoms with Crippen LogP contribution in [-0.2, 0) is 9.53 Å². The van der Waals surface area contributed by atoms with Crippen LogP contribution in [0, 0.1) is 0 Å². The Hall–Kier alpha value is -3.36. The number of ether oxygens (including phenoxy) is 2. The van der Waals surface area contributed by atoms with Gasteiger partial charge < -0.3 is 24.2 Å². The fourth-order valence-corrected chi connectivity index (χ4v) is 4.94. The molecule has 2 aliphatic rings. The molecular weight excluding hydrogens is 434 g/mol. The third kappa shape index (κ3) is 4.15. The van der Waals surface area contributed by atoms with Crippen molar-refractivity contribution in [1.29, 1.82) is 0 Å². The molecule has 2 aromatic rings. The SMILES string of the molecule is CCOC(=O)c1ccc(N(C)c2ncc3c(n2)N(C2CCCC2)[C@H](CC)C(=O)N3C)c(OC)c1. The quantitative estimate of drug-likeness (QED) is 0.566. The molecule has 0 spiro atoms. The molecule has 0 unspecified atom stereocenters. The van der Waals surface area contributed by atoms with Crippen LogP contribution in [0.3, 0.4) is 0 Å². The summed E-state index contributed by atoms with van der Waals surface area (Å²) >= 11 is 0. The number of amides is 1. The zero-order valence-electron chi connectivity index (χ0n) is 20.6. The van der Waals surface area contributed by atoms with Gasteiger partial charge in [-0.2, -0.15) is 4.98 Å². The molecule has 0 radical (unpaired) electrons. The fraction of sp³-hybridized carbons (Fsp3) is 0.520. The number of anilines is 4. The molecule has 1 aromatic heterocycles. The maximum Gasteiger partial charge on any atom is 0.338 e. The zero-order chi connectivity index (χ0) is 24.4. The average Bonchev–Trinajstić information content (AvgIpc) is 3.39. The molecule has 1 fully saturated rings. The van der Waals surface area contributed by atoms with Crippen molar-refractivity contribution in [1.82, 2.24) is 9.97 Å². The monoisotopic (exact) mass is 467 g/mol. The molecule has 0 N–H and O–H groups in total. The maximum atomic E-state index is 13.1. The van der Waals surface area contributed by atoms with Gasteiger partial charge >= 0.3 is 5.97 Å². The van der Waals surface area contributed by atoms with Gasteiger partial charge in [-0.05, 0) is 44.4 Å². The highest BCUT2D eigenvalue weighted by Crippen LogP contribution is 2.41. The Kier molecular flexibility index (Phi) is 6.90. The predicted molar refractivity (Wildman–Crippen MR) is 131 cm³/mol. The Labute approximate surface area is 200 Å². The summed E-state index contributed by atoms with van der Waals surface area (Å²) in [6.07, 6.45) is 6.89. The normalized spacial score (nSPS) is 18.1. The lowest BCUT2D eigenvalue weighted by molar-refractivity contribution is -0.120. The number of rotatable bonds is 7. The number of likely N-dealkylation sites (N-methyl/N-ethyl adjacent to an activating group) is 1. The average molecular weight is 468 g/mol. The van der Waals surface area contributed by atoms with Crippen LogP contribution in [0.4, 0.5) is 23.1 Å². The zero-order valence-corrected chi connectivity index (χ0v) is 20.6. The second-order valence-electron chi connectivity index (χ2n) is 8.71. The lowest BCUT2D eigenvalue weighted by atomic mass is 10.0. The molecule has 4 rings (SSSR count). The van der Waals surface area contributed by atoms with E-state index < -0.39 is 5.97 Å². The molecule has 182 valence electrons. The molecule has 0 bridgehead atoms. The second-order valence-corrected chi connectivity index (χ2v) is 8.71. The van der Waals surface area contributed by atoms with Gasteiger partial charge in [-0.3, -0.25) is 4.79 Å². The van der Waals surface area contributed by atoms with Gasteiger partial charge in [-0.1, -0.05) is 19.8 Å². The number of fused-ring (bicyclic) bond motifs is 1. The van der Waals surface area contributed by atoms with E-state index in [4.69, 9.17) is 14.5 Å². The Morgan fingerprint density at radius 1 is 1.24 bits per heavy atom. The predicted octanol–water partition coefficient (Wildman–Crippen LogP) is 3.93. The van der Waals surface area contributed by atoms with Gasteiger partial charge in [0.1, 0.15) is 17.5 Å². The first-order valence-electron chi connectivity index (χ1n) is 11.9. The number of nitrogens with zero attached hydrogens (tertiary/aromatic N) is 5. The van der Waals surface area contributed by atoms with Crippen LogP contribution in [0.15, 0.2) is 24.4 Å². The van der Waals surface area contributed by atoms with E-state index in [0.29, 0.717) is 29.9 Å². The van der Waals surface area contributed by atoms with Crippen LogP contribution in [0.25, 0.3) is 0 Å². The largest absolute Gasteiger partial charge is 0.495 e. The first-order chi connectivity index (χ1) is 16.4. The molecule has 1 aliphatic heterocycles. The second kappa shape index (κ2) is 9.87. The van der Waals surface area contributed by atoms with Gasteiger partial charge in [0.25, 0.3) is 0 Å². The number of esters is 1. The number of carbonyl (C=O) groups excluding carboxylic acids is 2. The summed E-state index contributed by atoms with van der Waals surface area (Å²) in [5.74, 6) is 1.48. The van der Waals surface area contributed by atoms with E-state index >= 15 is 0 Å². The van der Waals surface area contributed by atoms with Crippen LogP contribution in [-0.4, -0.2) is 61.7 Å². The molecule has 9 nitrogen and oxygen atoms in total. The summed E-state index contributed by atoms with van der Waals surface area (Å²) in [5.41, 5.74) is 1.86. The lowest BCUT2D eigenvalue weighted by Gasteiger charge is -2.43. The smallest absolute Gasteiger partial charge is 0.338 e. The van der Waals surface area contributed by atoms with Crippen LogP contribution in [0.2, 0.25) is 0 Å². The van der Waals surface area contributed by atoms with E-state index in [1.807, 2.05) is 18.9 Å². The first kappa shape index (κ1) is 23.8. The van der Waals surface area contributed by atoms with Gasteiger partial charge in [-0.15, -0.1) is 0 Å². The van der Waals surface area contributed by atoms with E-state index in [0.717, 1.165) is 36.5 Å². The number of aromatic nitrogens is 2. The Morgan fingerprint density at radius 2 is 1.97 bits per heavy atom. The summed E-state index contributed by atoms with van der Waals surface area (Å²) in [7, 11) is 5.21. The maximum absolute atomic E-state index is 13.1. The number of benzene rings is 1. The molecule has 1 aliphatic carbocycles. The summed E-state index contributed by atoms with van der Waals surface area (Å²) in [6.45, 7) is 4.13. The molecule has 1 saturated carbocycles. The molecule has 1 atom stereocenters. The van der Waals surface area contributed by atoms with Crippen molar-refractivity contribution < 1.29 is 19.1 Å². The highest BCUT2D eigenvalue weighted by atomic mass is 16.5. The third-order valence-corrected chi connectivity index (χ3v) is 6.75. The van der Waals surface area contributed by atoms with Crippen molar-refractivity contribution in [2.75, 3.05) is 42.5 Å². The fourth-order valence-electron chi connectivity index (χ4n) is 4.94. The Morgan fingerprint density at radius 3 is 2.62 bits per heavy atom. The molecule has 1 amide bonds. The van der Waals surface area contributed by atoms with E-state index in [2.05, 4.69) is 9.88 Å². The van der Waals surface area contributed by atoms with Crippen LogP contribution in [0.1, 0.15) is 56.3 Å². The number of hydrogen-bond donors (Lipinski definition) is 0. The van der Waals surface area contributed by atoms with Crippen molar-refractivity contribution in [3.8, 4) is 5.75 Å². The van der Waals surface area contributed by atoms with Crippen LogP contribution < -0.4 is 19.4 Å². The van der Waals surface area contributed by atoms with Crippen LogP contribution >= 0.6 is 0 Å². The van der Waals surface area contributed by atoms with Crippen molar-refractivity contribution in [3.05, 3.63) is 30.0 Å². The highest BCUT2D eigenvalue weighted by Gasteiger charge is 2.41. The van der Waals surface area contributed by atoms with Crippen molar-refractivity contribution in [2.45, 2.75) is 58.0 Å². The van der Waals surface area contributed by atoms with Gasteiger partial charge in [0.2, 0.25) is 11.9 Å². The molecule has 2 heterocycles. The Balaban J connectivity index is 1.74. The van der Waals surface area contributed by atoms with Gasteiger partial charge in [0.15, 0.2) is 5.82 Å². The highest BCUT2D eigenvalue weighted by molar-refractivity contribution is 6.04. The van der Waals surface area contributed by atoms with Crippen molar-refractivity contribution in [3.63, 3.8) is 0 Å². The van der Waals surface area contributed by atoms with Crippen LogP contribution in [0.5, 0.6) is 5.75 Å². The number of methoxy groups -OCH3 is 1. The third-order valence-electron chi connectivity index (χ3n) is 6.75. The van der Waals surface area contributed by atoms with Crippen molar-refractivity contribution >= 4 is 35.0 Å². The summed E-state index contributed by atoms with van der Waals surface area (Å²) in [4.78, 5) is 40.5. The number of carbonyl (C=O) groups is 2. The first-order valence-corrected chi connectivity index (χ1v) is 11.9. The lowest BCUT2D eigenvalue weighted by Crippen LogP contribution is -2.55. The minimum atomic E-state index is -0.398. The van der Waals surface area contributed by atoms with E-state index in [-0.39, 0.29) is 11.9 Å². The summed E-state index contributed by atoms with van der Waals surface area (Å²) < 4.78 is 10.7. The standard InChI is InChI=1S/C25H33N5O4/c1-6-18-23(31)28(3)20-15-26-25(27-22(20)30(18)17-10-8-9-11-17)29(4)19-13-12-16(14-21(19)33-5)24(32)34-7-2/h12-15,17-18H,6-11H2,1-5H3/t18-/m1/s1. The van der Waals surface area contributed by atoms with Gasteiger partial charge in [0.05, 0.1) is 31.2 Å².